The van der Waals surface area contributed by atoms with Crippen LogP contribution in [-0.4, -0.2) is 17.3 Å². The minimum Gasteiger partial charge on any atom is -0.507 e. The van der Waals surface area contributed by atoms with Crippen LogP contribution in [0.1, 0.15) is 5.56 Å². The minimum atomic E-state index is 0.0439. The van der Waals surface area contributed by atoms with E-state index in [0.29, 0.717) is 5.56 Å². The molecular formula is C8H10N2O2. The van der Waals surface area contributed by atoms with Crippen molar-refractivity contribution in [1.82, 2.24) is 0 Å². The second kappa shape index (κ2) is 3.71. The van der Waals surface area contributed by atoms with Gasteiger partial charge in [-0.3, -0.25) is 0 Å². The van der Waals surface area contributed by atoms with Gasteiger partial charge < -0.3 is 10.2 Å². The normalized spacial score (nSPS) is 10.8. The van der Waals surface area contributed by atoms with Gasteiger partial charge in [0, 0.05) is 7.05 Å². The Bertz CT molecular complexity index is 277. The molecular weight excluding hydrogens is 156 g/mol. The Balaban J connectivity index is 2.96. The predicted molar refractivity (Wildman–Crippen MR) is 44.3 cm³/mol. The summed E-state index contributed by atoms with van der Waals surface area (Å²) in [6, 6.07) is 4.57. The smallest absolute Gasteiger partial charge is 0.124 e. The fraction of sp³-hybridized carbons (Fsp3) is 0.250. The van der Waals surface area contributed by atoms with E-state index in [-0.39, 0.29) is 18.0 Å². The maximum atomic E-state index is 9.26. The standard InChI is InChI=1S/C8H10N2O2/c1-9-10-5-6-7(11)3-2-4-8(6)12/h2-4,11-12H,5H2,1H3. The lowest BCUT2D eigenvalue weighted by Gasteiger charge is -2.02. The highest BCUT2D eigenvalue weighted by Gasteiger charge is 2.04. The molecule has 0 heterocycles. The number of azo groups is 1. The third kappa shape index (κ3) is 1.72. The SMILES string of the molecule is CN=NCc1c(O)cccc1O. The Morgan fingerprint density at radius 2 is 1.83 bits per heavy atom. The highest BCUT2D eigenvalue weighted by atomic mass is 16.3. The van der Waals surface area contributed by atoms with Gasteiger partial charge in [-0.05, 0) is 12.1 Å². The van der Waals surface area contributed by atoms with Crippen LogP contribution in [0.25, 0.3) is 0 Å². The van der Waals surface area contributed by atoms with Crippen molar-refractivity contribution in [2.24, 2.45) is 10.2 Å². The quantitative estimate of drug-likeness (QED) is 0.656. The first-order valence-corrected chi connectivity index (χ1v) is 3.51. The van der Waals surface area contributed by atoms with Crippen molar-refractivity contribution in [1.29, 1.82) is 0 Å². The largest absolute Gasteiger partial charge is 0.507 e. The fourth-order valence-electron chi connectivity index (χ4n) is 0.866. The number of hydrogen-bond acceptors (Lipinski definition) is 4. The Kier molecular flexibility index (Phi) is 2.63. The maximum absolute atomic E-state index is 9.26. The molecule has 0 saturated carbocycles. The van der Waals surface area contributed by atoms with E-state index < -0.39 is 0 Å². The first-order valence-electron chi connectivity index (χ1n) is 3.51. The van der Waals surface area contributed by atoms with E-state index in [1.165, 1.54) is 19.2 Å². The van der Waals surface area contributed by atoms with Crippen molar-refractivity contribution in [2.45, 2.75) is 6.54 Å². The van der Waals surface area contributed by atoms with Crippen molar-refractivity contribution in [2.75, 3.05) is 7.05 Å². The Morgan fingerprint density at radius 1 is 1.25 bits per heavy atom. The van der Waals surface area contributed by atoms with Gasteiger partial charge in [0.05, 0.1) is 12.1 Å². The van der Waals surface area contributed by atoms with Gasteiger partial charge >= 0.3 is 0 Å². The number of phenolic OH excluding ortho intramolecular Hbond substituents is 2. The summed E-state index contributed by atoms with van der Waals surface area (Å²) in [5.41, 5.74) is 0.406. The molecule has 0 aromatic heterocycles. The average molecular weight is 166 g/mol. The van der Waals surface area contributed by atoms with Gasteiger partial charge in [0.2, 0.25) is 0 Å². The summed E-state index contributed by atoms with van der Waals surface area (Å²) in [5.74, 6) is 0.0878. The van der Waals surface area contributed by atoms with Crippen LogP contribution >= 0.6 is 0 Å². The van der Waals surface area contributed by atoms with E-state index in [4.69, 9.17) is 0 Å². The van der Waals surface area contributed by atoms with Crippen LogP contribution in [0.15, 0.2) is 28.4 Å². The van der Waals surface area contributed by atoms with Crippen LogP contribution in [0.5, 0.6) is 11.5 Å². The van der Waals surface area contributed by atoms with Gasteiger partial charge in [0.1, 0.15) is 11.5 Å². The topological polar surface area (TPSA) is 65.2 Å². The molecule has 1 rings (SSSR count). The summed E-state index contributed by atoms with van der Waals surface area (Å²) in [4.78, 5) is 0. The zero-order valence-corrected chi connectivity index (χ0v) is 6.73. The van der Waals surface area contributed by atoms with Gasteiger partial charge in [0.15, 0.2) is 0 Å². The molecule has 0 aliphatic rings. The summed E-state index contributed by atoms with van der Waals surface area (Å²) in [6.07, 6.45) is 0. The third-order valence-corrected chi connectivity index (χ3v) is 1.50. The number of rotatable bonds is 2. The molecule has 0 unspecified atom stereocenters. The summed E-state index contributed by atoms with van der Waals surface area (Å²) in [6.45, 7) is 0.203. The third-order valence-electron chi connectivity index (χ3n) is 1.50. The lowest BCUT2D eigenvalue weighted by atomic mass is 10.2. The average Bonchev–Trinajstić information content (AvgIpc) is 2.04. The monoisotopic (exact) mass is 166 g/mol. The molecule has 0 spiro atoms. The Hall–Kier alpha value is -1.58. The van der Waals surface area contributed by atoms with Crippen molar-refractivity contribution in [3.63, 3.8) is 0 Å². The van der Waals surface area contributed by atoms with Crippen LogP contribution < -0.4 is 0 Å². The molecule has 0 amide bonds. The van der Waals surface area contributed by atoms with Crippen LogP contribution in [0, 0.1) is 0 Å². The van der Waals surface area contributed by atoms with Crippen molar-refractivity contribution >= 4 is 0 Å². The van der Waals surface area contributed by atoms with E-state index in [1.54, 1.807) is 6.07 Å². The molecule has 4 nitrogen and oxygen atoms in total. The predicted octanol–water partition coefficient (Wildman–Crippen LogP) is 1.68. The minimum absolute atomic E-state index is 0.0439. The Morgan fingerprint density at radius 3 is 2.33 bits per heavy atom. The van der Waals surface area contributed by atoms with Gasteiger partial charge in [0.25, 0.3) is 0 Å². The summed E-state index contributed by atoms with van der Waals surface area (Å²) in [5, 5.41) is 25.7. The lowest BCUT2D eigenvalue weighted by Crippen LogP contribution is -1.82. The molecule has 0 aliphatic heterocycles. The van der Waals surface area contributed by atoms with E-state index in [1.807, 2.05) is 0 Å². The molecule has 0 fully saturated rings. The molecule has 12 heavy (non-hydrogen) atoms. The molecule has 0 bridgehead atoms. The van der Waals surface area contributed by atoms with E-state index >= 15 is 0 Å². The lowest BCUT2D eigenvalue weighted by molar-refractivity contribution is 0.438. The molecule has 64 valence electrons. The van der Waals surface area contributed by atoms with E-state index in [9.17, 15) is 10.2 Å². The second-order valence-corrected chi connectivity index (χ2v) is 2.27. The van der Waals surface area contributed by atoms with Crippen molar-refractivity contribution in [3.05, 3.63) is 23.8 Å². The van der Waals surface area contributed by atoms with Crippen LogP contribution in [0.4, 0.5) is 0 Å². The molecule has 0 aliphatic carbocycles. The fourth-order valence-corrected chi connectivity index (χ4v) is 0.866. The number of nitrogens with zero attached hydrogens (tertiary/aromatic N) is 2. The highest BCUT2D eigenvalue weighted by Crippen LogP contribution is 2.26. The molecule has 1 aromatic carbocycles. The van der Waals surface area contributed by atoms with Crippen LogP contribution in [0.2, 0.25) is 0 Å². The summed E-state index contributed by atoms with van der Waals surface area (Å²) >= 11 is 0. The number of phenols is 2. The second-order valence-electron chi connectivity index (χ2n) is 2.27. The molecule has 4 heteroatoms. The molecule has 1 aromatic rings. The van der Waals surface area contributed by atoms with E-state index in [2.05, 4.69) is 10.2 Å². The van der Waals surface area contributed by atoms with Crippen LogP contribution in [-0.2, 0) is 6.54 Å². The summed E-state index contributed by atoms with van der Waals surface area (Å²) < 4.78 is 0. The number of hydrogen-bond donors (Lipinski definition) is 2. The maximum Gasteiger partial charge on any atom is 0.124 e. The molecule has 0 radical (unpaired) electrons. The highest BCUT2D eigenvalue weighted by molar-refractivity contribution is 5.42. The number of benzene rings is 1. The van der Waals surface area contributed by atoms with Gasteiger partial charge in [-0.2, -0.15) is 10.2 Å². The van der Waals surface area contributed by atoms with Gasteiger partial charge in [-0.1, -0.05) is 6.07 Å². The molecule has 0 saturated heterocycles. The summed E-state index contributed by atoms with van der Waals surface area (Å²) in [7, 11) is 1.54. The van der Waals surface area contributed by atoms with Crippen molar-refractivity contribution < 1.29 is 10.2 Å². The van der Waals surface area contributed by atoms with Crippen molar-refractivity contribution in [3.8, 4) is 11.5 Å². The van der Waals surface area contributed by atoms with Gasteiger partial charge in [-0.25, -0.2) is 0 Å². The zero-order chi connectivity index (χ0) is 8.97. The first-order chi connectivity index (χ1) is 5.75. The molecule has 2 N–H and O–H groups in total. The number of aromatic hydroxyl groups is 2. The van der Waals surface area contributed by atoms with Crippen LogP contribution in [0.3, 0.4) is 0 Å². The van der Waals surface area contributed by atoms with Gasteiger partial charge in [-0.15, -0.1) is 0 Å². The molecule has 0 atom stereocenters. The Labute approximate surface area is 70.2 Å². The zero-order valence-electron chi connectivity index (χ0n) is 6.73. The van der Waals surface area contributed by atoms with E-state index in [0.717, 1.165) is 0 Å². The first kappa shape index (κ1) is 8.52.